The maximum absolute atomic E-state index is 12.5. The molecule has 2 N–H and O–H groups in total. The van der Waals surface area contributed by atoms with Gasteiger partial charge in [-0.05, 0) is 33.6 Å². The first-order chi connectivity index (χ1) is 12.7. The van der Waals surface area contributed by atoms with Crippen molar-refractivity contribution in [3.8, 4) is 0 Å². The lowest BCUT2D eigenvalue weighted by Crippen LogP contribution is -2.45. The third kappa shape index (κ3) is 5.05. The van der Waals surface area contributed by atoms with Crippen molar-refractivity contribution in [1.29, 1.82) is 0 Å². The first-order valence-corrected chi connectivity index (χ1v) is 9.32. The Balaban J connectivity index is 1.81. The zero-order chi connectivity index (χ0) is 20.1. The van der Waals surface area contributed by atoms with Gasteiger partial charge in [0.2, 0.25) is 17.7 Å². The average molecular weight is 381 g/mol. The molecular weight excluding hydrogens is 354 g/mol. The van der Waals surface area contributed by atoms with E-state index in [0.717, 1.165) is 17.7 Å². The largest absolute Gasteiger partial charge is 0.454 e. The quantitative estimate of drug-likeness (QED) is 0.463. The minimum absolute atomic E-state index is 0.0488. The fourth-order valence-corrected chi connectivity index (χ4v) is 3.54. The number of imide groups is 1. The number of hydrogen-bond acceptors (Lipinski definition) is 6. The molecule has 1 heterocycles. The van der Waals surface area contributed by atoms with Crippen LogP contribution in [0.1, 0.15) is 46.5 Å². The zero-order valence-electron chi connectivity index (χ0n) is 15.9. The van der Waals surface area contributed by atoms with E-state index in [9.17, 15) is 24.0 Å². The molecule has 1 aliphatic heterocycles. The summed E-state index contributed by atoms with van der Waals surface area (Å²) in [5.74, 6) is -3.16. The van der Waals surface area contributed by atoms with E-state index >= 15 is 0 Å². The Labute approximate surface area is 158 Å². The molecule has 0 aromatic heterocycles. The number of nitrogens with one attached hydrogen (secondary N) is 2. The number of nitrogens with zero attached hydrogens (tertiary/aromatic N) is 1. The molecule has 1 saturated heterocycles. The molecule has 0 spiro atoms. The Morgan fingerprint density at radius 3 is 2.11 bits per heavy atom. The van der Waals surface area contributed by atoms with E-state index in [1.165, 1.54) is 6.92 Å². The number of carbonyl (C=O) groups excluding carboxylic acids is 5. The van der Waals surface area contributed by atoms with Crippen LogP contribution in [0.4, 0.5) is 0 Å². The van der Waals surface area contributed by atoms with Gasteiger partial charge in [-0.2, -0.15) is 0 Å². The maximum Gasteiger partial charge on any atom is 0.329 e. The third-order valence-corrected chi connectivity index (χ3v) is 4.84. The van der Waals surface area contributed by atoms with Crippen LogP contribution < -0.4 is 10.6 Å². The lowest BCUT2D eigenvalue weighted by atomic mass is 9.81. The highest BCUT2D eigenvalue weighted by Crippen LogP contribution is 2.38. The van der Waals surface area contributed by atoms with E-state index in [0.29, 0.717) is 12.8 Å². The molecule has 2 rings (SSSR count). The Morgan fingerprint density at radius 1 is 1.04 bits per heavy atom. The van der Waals surface area contributed by atoms with Gasteiger partial charge >= 0.3 is 5.97 Å². The van der Waals surface area contributed by atoms with Crippen LogP contribution in [0.5, 0.6) is 0 Å². The standard InChI is InChI=1S/C18H27N3O6/c1-10(2)20-14(22)8-19-15(23)9-27-18(26)11(3)21-16(24)12-6-4-5-7-13(12)17(21)25/h10-13H,4-9H2,1-3H3,(H,19,23)(H,20,22)/t11-,12+,13+/m0/s1. The summed E-state index contributed by atoms with van der Waals surface area (Å²) in [4.78, 5) is 61.3. The number of rotatable bonds is 7. The molecule has 4 amide bonds. The molecule has 0 aromatic carbocycles. The van der Waals surface area contributed by atoms with Crippen LogP contribution in [-0.4, -0.2) is 59.7 Å². The van der Waals surface area contributed by atoms with Crippen LogP contribution in [0.3, 0.4) is 0 Å². The van der Waals surface area contributed by atoms with Crippen molar-refractivity contribution < 1.29 is 28.7 Å². The lowest BCUT2D eigenvalue weighted by Gasteiger charge is -2.21. The second-order valence-electron chi connectivity index (χ2n) is 7.33. The van der Waals surface area contributed by atoms with E-state index in [2.05, 4.69) is 10.6 Å². The van der Waals surface area contributed by atoms with Crippen molar-refractivity contribution >= 4 is 29.6 Å². The number of amides is 4. The molecule has 9 nitrogen and oxygen atoms in total. The second-order valence-corrected chi connectivity index (χ2v) is 7.33. The number of fused-ring (bicyclic) bond motifs is 1. The smallest absolute Gasteiger partial charge is 0.329 e. The zero-order valence-corrected chi connectivity index (χ0v) is 15.9. The number of likely N-dealkylation sites (tertiary alicyclic amines) is 1. The van der Waals surface area contributed by atoms with Crippen molar-refractivity contribution in [2.24, 2.45) is 11.8 Å². The number of hydrogen-bond donors (Lipinski definition) is 2. The molecule has 1 aliphatic carbocycles. The summed E-state index contributed by atoms with van der Waals surface area (Å²) in [5, 5.41) is 4.94. The predicted molar refractivity (Wildman–Crippen MR) is 94.0 cm³/mol. The van der Waals surface area contributed by atoms with Crippen molar-refractivity contribution in [2.45, 2.75) is 58.5 Å². The fraction of sp³-hybridized carbons (Fsp3) is 0.722. The highest BCUT2D eigenvalue weighted by Gasteiger charge is 2.51. The molecule has 3 atom stereocenters. The van der Waals surface area contributed by atoms with Gasteiger partial charge in [0, 0.05) is 6.04 Å². The molecule has 0 radical (unpaired) electrons. The van der Waals surface area contributed by atoms with Gasteiger partial charge in [0.1, 0.15) is 6.04 Å². The van der Waals surface area contributed by atoms with Gasteiger partial charge in [0.25, 0.3) is 5.91 Å². The minimum Gasteiger partial charge on any atom is -0.454 e. The molecule has 27 heavy (non-hydrogen) atoms. The summed E-state index contributed by atoms with van der Waals surface area (Å²) >= 11 is 0. The summed E-state index contributed by atoms with van der Waals surface area (Å²) in [6.45, 7) is 4.20. The lowest BCUT2D eigenvalue weighted by molar-refractivity contribution is -0.159. The fourth-order valence-electron chi connectivity index (χ4n) is 3.54. The molecule has 2 fully saturated rings. The van der Waals surface area contributed by atoms with Gasteiger partial charge in [0.05, 0.1) is 18.4 Å². The summed E-state index contributed by atoms with van der Waals surface area (Å²) in [6.07, 6.45) is 3.12. The number of ether oxygens (including phenoxy) is 1. The SMILES string of the molecule is CC(C)NC(=O)CNC(=O)COC(=O)[C@H](C)N1C(=O)[C@@H]2CCCC[C@H]2C1=O. The van der Waals surface area contributed by atoms with Gasteiger partial charge in [-0.25, -0.2) is 4.79 Å². The molecule has 1 saturated carbocycles. The van der Waals surface area contributed by atoms with Crippen LogP contribution in [0.2, 0.25) is 0 Å². The molecular formula is C18H27N3O6. The second kappa shape index (κ2) is 8.96. The Kier molecular flexibility index (Phi) is 6.92. The van der Waals surface area contributed by atoms with Gasteiger partial charge in [-0.15, -0.1) is 0 Å². The van der Waals surface area contributed by atoms with E-state index < -0.39 is 24.5 Å². The third-order valence-electron chi connectivity index (χ3n) is 4.84. The van der Waals surface area contributed by atoms with Gasteiger partial charge in [0.15, 0.2) is 6.61 Å². The van der Waals surface area contributed by atoms with Crippen LogP contribution >= 0.6 is 0 Å². The van der Waals surface area contributed by atoms with Crippen molar-refractivity contribution in [3.63, 3.8) is 0 Å². The Hall–Kier alpha value is -2.45. The van der Waals surface area contributed by atoms with Crippen LogP contribution in [0.25, 0.3) is 0 Å². The highest BCUT2D eigenvalue weighted by atomic mass is 16.5. The van der Waals surface area contributed by atoms with Crippen molar-refractivity contribution in [3.05, 3.63) is 0 Å². The van der Waals surface area contributed by atoms with Crippen LogP contribution in [-0.2, 0) is 28.7 Å². The van der Waals surface area contributed by atoms with Crippen LogP contribution in [0, 0.1) is 11.8 Å². The molecule has 0 bridgehead atoms. The number of carbonyl (C=O) groups is 5. The van der Waals surface area contributed by atoms with E-state index in [1.807, 2.05) is 0 Å². The molecule has 2 aliphatic rings. The van der Waals surface area contributed by atoms with Crippen LogP contribution in [0.15, 0.2) is 0 Å². The molecule has 0 unspecified atom stereocenters. The molecule has 0 aromatic rings. The number of esters is 1. The molecule has 150 valence electrons. The summed E-state index contributed by atoms with van der Waals surface area (Å²) in [6, 6.07) is -1.13. The van der Waals surface area contributed by atoms with E-state index in [-0.39, 0.29) is 42.1 Å². The van der Waals surface area contributed by atoms with Crippen molar-refractivity contribution in [1.82, 2.24) is 15.5 Å². The topological polar surface area (TPSA) is 122 Å². The van der Waals surface area contributed by atoms with Gasteiger partial charge < -0.3 is 15.4 Å². The predicted octanol–water partition coefficient (Wildman–Crippen LogP) is -0.266. The monoisotopic (exact) mass is 381 g/mol. The first kappa shape index (κ1) is 20.9. The minimum atomic E-state index is -1.08. The Bertz CT molecular complexity index is 609. The normalized spacial score (nSPS) is 23.0. The summed E-state index contributed by atoms with van der Waals surface area (Å²) < 4.78 is 4.91. The van der Waals surface area contributed by atoms with Gasteiger partial charge in [-0.1, -0.05) is 12.8 Å². The maximum atomic E-state index is 12.5. The van der Waals surface area contributed by atoms with Gasteiger partial charge in [-0.3, -0.25) is 24.1 Å². The van der Waals surface area contributed by atoms with E-state index in [1.54, 1.807) is 13.8 Å². The Morgan fingerprint density at radius 2 is 1.59 bits per heavy atom. The first-order valence-electron chi connectivity index (χ1n) is 9.32. The molecule has 9 heteroatoms. The highest BCUT2D eigenvalue weighted by molar-refractivity contribution is 6.07. The van der Waals surface area contributed by atoms with E-state index in [4.69, 9.17) is 4.74 Å². The van der Waals surface area contributed by atoms with Crippen molar-refractivity contribution in [2.75, 3.05) is 13.2 Å². The average Bonchev–Trinajstić information content (AvgIpc) is 2.88. The summed E-state index contributed by atoms with van der Waals surface area (Å²) in [7, 11) is 0. The summed E-state index contributed by atoms with van der Waals surface area (Å²) in [5.41, 5.74) is 0.